The van der Waals surface area contributed by atoms with Crippen LogP contribution in [0.3, 0.4) is 0 Å². The number of ether oxygens (including phenoxy) is 1. The van der Waals surface area contributed by atoms with Crippen LogP contribution in [0.25, 0.3) is 5.69 Å². The fourth-order valence-electron chi connectivity index (χ4n) is 3.47. The van der Waals surface area contributed by atoms with E-state index in [9.17, 15) is 4.79 Å². The molecule has 0 fully saturated rings. The van der Waals surface area contributed by atoms with Gasteiger partial charge < -0.3 is 14.6 Å². The highest BCUT2D eigenvalue weighted by Crippen LogP contribution is 2.26. The minimum Gasteiger partial charge on any atom is -0.492 e. The number of nitrogens with one attached hydrogen (secondary N) is 1. The topological polar surface area (TPSA) is 74.0 Å². The molecule has 4 rings (SSSR count). The number of benzene rings is 2. The van der Waals surface area contributed by atoms with E-state index in [1.807, 2.05) is 55.1 Å². The fourth-order valence-corrected chi connectivity index (χ4v) is 4.24. The van der Waals surface area contributed by atoms with Crippen molar-refractivity contribution in [3.8, 4) is 11.4 Å². The van der Waals surface area contributed by atoms with Gasteiger partial charge in [0.1, 0.15) is 11.6 Å². The van der Waals surface area contributed by atoms with Crippen molar-refractivity contribution in [1.29, 1.82) is 0 Å². The number of thioether (sulfide) groups is 1. The van der Waals surface area contributed by atoms with Crippen molar-refractivity contribution in [3.05, 3.63) is 83.9 Å². The Morgan fingerprint density at radius 3 is 2.58 bits per heavy atom. The predicted molar refractivity (Wildman–Crippen MR) is 131 cm³/mol. The monoisotopic (exact) mass is 461 g/mol. The minimum absolute atomic E-state index is 0.130. The third kappa shape index (κ3) is 5.46. The van der Waals surface area contributed by atoms with Gasteiger partial charge in [-0.2, -0.15) is 0 Å². The quantitative estimate of drug-likeness (QED) is 0.368. The van der Waals surface area contributed by atoms with E-state index in [2.05, 4.69) is 57.3 Å². The van der Waals surface area contributed by atoms with Crippen LogP contribution in [0.2, 0.25) is 0 Å². The van der Waals surface area contributed by atoms with E-state index >= 15 is 0 Å². The second kappa shape index (κ2) is 10.4. The molecule has 0 aliphatic rings. The highest BCUT2D eigenvalue weighted by Gasteiger charge is 2.17. The molecule has 0 radical (unpaired) electrons. The second-order valence-corrected chi connectivity index (χ2v) is 8.57. The zero-order valence-corrected chi connectivity index (χ0v) is 19.8. The van der Waals surface area contributed by atoms with Crippen molar-refractivity contribution in [1.82, 2.24) is 19.3 Å². The molecule has 4 aromatic rings. The number of aromatic nitrogens is 4. The van der Waals surface area contributed by atoms with Gasteiger partial charge in [-0.05, 0) is 50.2 Å². The average molecular weight is 462 g/mol. The van der Waals surface area contributed by atoms with Crippen molar-refractivity contribution in [3.63, 3.8) is 0 Å². The Morgan fingerprint density at radius 1 is 1.06 bits per heavy atom. The first-order valence-corrected chi connectivity index (χ1v) is 11.8. The molecule has 0 aliphatic carbocycles. The van der Waals surface area contributed by atoms with E-state index in [1.54, 1.807) is 0 Å². The number of aryl methyl sites for hydroxylation is 2. The summed E-state index contributed by atoms with van der Waals surface area (Å²) in [4.78, 5) is 12.7. The van der Waals surface area contributed by atoms with Gasteiger partial charge in [0, 0.05) is 31.0 Å². The first-order valence-electron chi connectivity index (χ1n) is 10.8. The van der Waals surface area contributed by atoms with Gasteiger partial charge in [0.25, 0.3) is 0 Å². The maximum Gasteiger partial charge on any atom is 0.234 e. The van der Waals surface area contributed by atoms with E-state index in [0.717, 1.165) is 17.2 Å². The van der Waals surface area contributed by atoms with Crippen molar-refractivity contribution in [2.75, 3.05) is 17.7 Å². The van der Waals surface area contributed by atoms with Crippen molar-refractivity contribution >= 4 is 23.4 Å². The summed E-state index contributed by atoms with van der Waals surface area (Å²) in [5.41, 5.74) is 3.95. The number of hydrogen-bond acceptors (Lipinski definition) is 5. The molecule has 0 spiro atoms. The highest BCUT2D eigenvalue weighted by atomic mass is 32.2. The predicted octanol–water partition coefficient (Wildman–Crippen LogP) is 4.63. The second-order valence-electron chi connectivity index (χ2n) is 7.62. The molecule has 7 nitrogen and oxygen atoms in total. The summed E-state index contributed by atoms with van der Waals surface area (Å²) in [6.07, 6.45) is 2.65. The number of hydrogen-bond donors (Lipinski definition) is 1. The Kier molecular flexibility index (Phi) is 7.14. The molecule has 0 unspecified atom stereocenters. The minimum atomic E-state index is -0.130. The molecule has 170 valence electrons. The number of nitrogens with zero attached hydrogens (tertiary/aromatic N) is 4. The molecule has 0 saturated heterocycles. The van der Waals surface area contributed by atoms with Gasteiger partial charge in [-0.1, -0.05) is 41.6 Å². The molecule has 33 heavy (non-hydrogen) atoms. The van der Waals surface area contributed by atoms with Crippen molar-refractivity contribution < 1.29 is 9.53 Å². The molecule has 2 aromatic carbocycles. The van der Waals surface area contributed by atoms with Gasteiger partial charge >= 0.3 is 0 Å². The standard InChI is InChI=1S/C25H27N5O2S/c1-4-32-22-10-6-5-9-21(22)26-24(31)17-33-25-28-27-23(16-20-8-7-15-29(20)3)30(25)19-13-11-18(2)12-14-19/h5-15H,4,16-17H2,1-3H3,(H,26,31). The van der Waals surface area contributed by atoms with Gasteiger partial charge in [-0.15, -0.1) is 10.2 Å². The summed E-state index contributed by atoms with van der Waals surface area (Å²) in [5, 5.41) is 12.5. The molecule has 8 heteroatoms. The Bertz CT molecular complexity index is 1230. The third-order valence-electron chi connectivity index (χ3n) is 5.18. The Balaban J connectivity index is 1.54. The Morgan fingerprint density at radius 2 is 1.85 bits per heavy atom. The van der Waals surface area contributed by atoms with Crippen LogP contribution in [-0.2, 0) is 18.3 Å². The summed E-state index contributed by atoms with van der Waals surface area (Å²) >= 11 is 1.36. The van der Waals surface area contributed by atoms with Crippen LogP contribution in [0.1, 0.15) is 24.0 Å². The van der Waals surface area contributed by atoms with E-state index in [4.69, 9.17) is 4.74 Å². The van der Waals surface area contributed by atoms with Gasteiger partial charge in [0.05, 0.1) is 18.0 Å². The van der Waals surface area contributed by atoms with E-state index in [0.29, 0.717) is 29.6 Å². The lowest BCUT2D eigenvalue weighted by Crippen LogP contribution is -2.15. The normalized spacial score (nSPS) is 10.9. The van der Waals surface area contributed by atoms with Crippen molar-refractivity contribution in [2.24, 2.45) is 7.05 Å². The van der Waals surface area contributed by atoms with Crippen molar-refractivity contribution in [2.45, 2.75) is 25.4 Å². The van der Waals surface area contributed by atoms with Crippen LogP contribution in [0.5, 0.6) is 5.75 Å². The van der Waals surface area contributed by atoms with Gasteiger partial charge in [0.15, 0.2) is 5.16 Å². The summed E-state index contributed by atoms with van der Waals surface area (Å²) in [7, 11) is 2.02. The van der Waals surface area contributed by atoms with Crippen LogP contribution in [0.15, 0.2) is 72.0 Å². The molecule has 0 atom stereocenters. The molecule has 0 saturated carbocycles. The number of carbonyl (C=O) groups excluding carboxylic acids is 1. The lowest BCUT2D eigenvalue weighted by atomic mass is 10.2. The number of carbonyl (C=O) groups is 1. The van der Waals surface area contributed by atoms with Crippen LogP contribution in [0.4, 0.5) is 5.69 Å². The molecular formula is C25H27N5O2S. The zero-order chi connectivity index (χ0) is 23.2. The lowest BCUT2D eigenvalue weighted by Gasteiger charge is -2.12. The molecule has 0 bridgehead atoms. The summed E-state index contributed by atoms with van der Waals surface area (Å²) < 4.78 is 9.70. The van der Waals surface area contributed by atoms with Gasteiger partial charge in [-0.25, -0.2) is 0 Å². The number of para-hydroxylation sites is 2. The number of anilines is 1. The first kappa shape index (κ1) is 22.7. The fraction of sp³-hybridized carbons (Fsp3) is 0.240. The lowest BCUT2D eigenvalue weighted by molar-refractivity contribution is -0.113. The maximum absolute atomic E-state index is 12.7. The van der Waals surface area contributed by atoms with Crippen LogP contribution < -0.4 is 10.1 Å². The number of amides is 1. The van der Waals surface area contributed by atoms with Gasteiger partial charge in [0.2, 0.25) is 5.91 Å². The highest BCUT2D eigenvalue weighted by molar-refractivity contribution is 7.99. The Labute approximate surface area is 197 Å². The molecule has 1 N–H and O–H groups in total. The molecule has 0 aliphatic heterocycles. The summed E-state index contributed by atoms with van der Waals surface area (Å²) in [6.45, 7) is 4.51. The molecular weight excluding hydrogens is 434 g/mol. The summed E-state index contributed by atoms with van der Waals surface area (Å²) in [6, 6.07) is 19.7. The molecule has 1 amide bonds. The Hall–Kier alpha value is -3.52. The molecule has 2 aromatic heterocycles. The smallest absolute Gasteiger partial charge is 0.234 e. The SMILES string of the molecule is CCOc1ccccc1NC(=O)CSc1nnc(Cc2cccn2C)n1-c1ccc(C)cc1. The summed E-state index contributed by atoms with van der Waals surface area (Å²) in [5.74, 6) is 1.56. The van der Waals surface area contributed by atoms with E-state index in [-0.39, 0.29) is 11.7 Å². The first-order chi connectivity index (χ1) is 16.0. The zero-order valence-electron chi connectivity index (χ0n) is 19.0. The molecule has 2 heterocycles. The maximum atomic E-state index is 12.7. The van der Waals surface area contributed by atoms with Crippen LogP contribution in [-0.4, -0.2) is 37.6 Å². The van der Waals surface area contributed by atoms with Crippen LogP contribution >= 0.6 is 11.8 Å². The van der Waals surface area contributed by atoms with Gasteiger partial charge in [-0.3, -0.25) is 9.36 Å². The number of rotatable bonds is 9. The van der Waals surface area contributed by atoms with E-state index in [1.165, 1.54) is 17.3 Å². The third-order valence-corrected chi connectivity index (χ3v) is 6.11. The van der Waals surface area contributed by atoms with E-state index < -0.39 is 0 Å². The largest absolute Gasteiger partial charge is 0.492 e. The average Bonchev–Trinajstić information content (AvgIpc) is 3.40. The van der Waals surface area contributed by atoms with Crippen LogP contribution in [0, 0.1) is 6.92 Å².